The number of carbonyl (C=O) groups is 2. The van der Waals surface area contributed by atoms with Gasteiger partial charge in [0, 0.05) is 0 Å². The van der Waals surface area contributed by atoms with Gasteiger partial charge >= 0.3 is 5.97 Å². The Morgan fingerprint density at radius 2 is 2.29 bits per heavy atom. The van der Waals surface area contributed by atoms with Crippen LogP contribution in [0.1, 0.15) is 18.5 Å². The van der Waals surface area contributed by atoms with Crippen molar-refractivity contribution < 1.29 is 14.7 Å². The summed E-state index contributed by atoms with van der Waals surface area (Å²) in [6.07, 6.45) is 2.87. The first-order valence-corrected chi connectivity index (χ1v) is 5.18. The topological polar surface area (TPSA) is 123 Å². The van der Waals surface area contributed by atoms with Crippen LogP contribution in [0, 0.1) is 0 Å². The predicted molar refractivity (Wildman–Crippen MR) is 55.7 cm³/mol. The highest BCUT2D eigenvalue weighted by molar-refractivity contribution is 5.88. The number of hydrogen-bond acceptors (Lipinski definition) is 5. The van der Waals surface area contributed by atoms with Gasteiger partial charge in [-0.05, 0) is 12.8 Å². The van der Waals surface area contributed by atoms with Crippen molar-refractivity contribution in [1.29, 1.82) is 0 Å². The zero-order valence-electron chi connectivity index (χ0n) is 9.09. The lowest BCUT2D eigenvalue weighted by Gasteiger charge is -2.07. The number of nitrogens with two attached hydrogens (primary N) is 1. The van der Waals surface area contributed by atoms with Gasteiger partial charge in [-0.15, -0.1) is 5.10 Å². The monoisotopic (exact) mass is 239 g/mol. The average molecular weight is 239 g/mol. The number of nitrogens with zero attached hydrogens (tertiary/aromatic N) is 3. The van der Waals surface area contributed by atoms with Gasteiger partial charge in [-0.25, -0.2) is 4.68 Å². The molecule has 0 spiro atoms. The van der Waals surface area contributed by atoms with E-state index in [1.807, 2.05) is 0 Å². The first kappa shape index (κ1) is 11.5. The Bertz CT molecular complexity index is 451. The molecule has 0 bridgehead atoms. The second-order valence-corrected chi connectivity index (χ2v) is 4.14. The fourth-order valence-corrected chi connectivity index (χ4v) is 1.34. The Balaban J connectivity index is 1.84. The molecule has 0 aromatic carbocycles. The van der Waals surface area contributed by atoms with Crippen molar-refractivity contribution in [3.05, 3.63) is 11.9 Å². The molecule has 1 aliphatic carbocycles. The molecule has 0 unspecified atom stereocenters. The van der Waals surface area contributed by atoms with E-state index in [0.29, 0.717) is 18.5 Å². The molecule has 0 atom stereocenters. The molecule has 0 radical (unpaired) electrons. The second kappa shape index (κ2) is 4.13. The summed E-state index contributed by atoms with van der Waals surface area (Å²) in [5, 5.41) is 18.5. The maximum Gasteiger partial charge on any atom is 0.325 e. The summed E-state index contributed by atoms with van der Waals surface area (Å²) in [6, 6.07) is 0. The lowest BCUT2D eigenvalue weighted by molar-refractivity contribution is -0.138. The van der Waals surface area contributed by atoms with Gasteiger partial charge in [-0.2, -0.15) is 0 Å². The first-order valence-electron chi connectivity index (χ1n) is 5.18. The molecule has 1 saturated carbocycles. The predicted octanol–water partition coefficient (Wildman–Crippen LogP) is -1.53. The fraction of sp³-hybridized carbons (Fsp3) is 0.556. The van der Waals surface area contributed by atoms with Gasteiger partial charge in [0.1, 0.15) is 12.2 Å². The van der Waals surface area contributed by atoms with E-state index in [1.165, 1.54) is 10.9 Å². The molecule has 0 aliphatic heterocycles. The van der Waals surface area contributed by atoms with Gasteiger partial charge in [-0.1, -0.05) is 5.21 Å². The lowest BCUT2D eigenvalue weighted by Crippen LogP contribution is -2.42. The second-order valence-electron chi connectivity index (χ2n) is 4.14. The van der Waals surface area contributed by atoms with Gasteiger partial charge in [0.15, 0.2) is 0 Å². The lowest BCUT2D eigenvalue weighted by atomic mass is 10.3. The number of nitrogens with one attached hydrogen (secondary N) is 1. The Labute approximate surface area is 96.8 Å². The van der Waals surface area contributed by atoms with Crippen LogP contribution in [0.4, 0.5) is 0 Å². The number of carboxylic acids is 1. The normalized spacial score (nSPS) is 16.5. The van der Waals surface area contributed by atoms with Crippen molar-refractivity contribution >= 4 is 11.9 Å². The Kier molecular flexibility index (Phi) is 2.80. The first-order chi connectivity index (χ1) is 7.99. The van der Waals surface area contributed by atoms with Crippen LogP contribution in [0.15, 0.2) is 6.20 Å². The van der Waals surface area contributed by atoms with Crippen molar-refractivity contribution in [3.63, 3.8) is 0 Å². The molecule has 1 heterocycles. The van der Waals surface area contributed by atoms with Crippen molar-refractivity contribution in [2.45, 2.75) is 31.5 Å². The van der Waals surface area contributed by atoms with E-state index in [1.54, 1.807) is 0 Å². The molecule has 4 N–H and O–H groups in total. The summed E-state index contributed by atoms with van der Waals surface area (Å²) in [5.74, 6) is -1.20. The molecule has 1 amide bonds. The average Bonchev–Trinajstić information content (AvgIpc) is 2.86. The van der Waals surface area contributed by atoms with Crippen molar-refractivity contribution in [2.24, 2.45) is 5.73 Å². The smallest absolute Gasteiger partial charge is 0.325 e. The maximum atomic E-state index is 11.5. The van der Waals surface area contributed by atoms with Gasteiger partial charge in [0.2, 0.25) is 5.91 Å². The minimum atomic E-state index is -0.996. The summed E-state index contributed by atoms with van der Waals surface area (Å²) in [4.78, 5) is 21.9. The highest BCUT2D eigenvalue weighted by Gasteiger charge is 2.45. The van der Waals surface area contributed by atoms with Crippen LogP contribution in [-0.4, -0.2) is 37.5 Å². The van der Waals surface area contributed by atoms with Crippen LogP contribution >= 0.6 is 0 Å². The highest BCUT2D eigenvalue weighted by atomic mass is 16.4. The van der Waals surface area contributed by atoms with Crippen LogP contribution < -0.4 is 11.1 Å². The highest BCUT2D eigenvalue weighted by Crippen LogP contribution is 2.32. The third kappa shape index (κ3) is 2.78. The summed E-state index contributed by atoms with van der Waals surface area (Å²) in [5.41, 5.74) is 5.49. The standard InChI is InChI=1S/C9H13N5O3/c10-9(1-2-9)8(17)11-3-6-4-14(13-12-6)5-7(15)16/h4H,1-3,5,10H2,(H,11,17)(H,15,16). The van der Waals surface area contributed by atoms with E-state index in [9.17, 15) is 9.59 Å². The molecular weight excluding hydrogens is 226 g/mol. The van der Waals surface area contributed by atoms with E-state index in [2.05, 4.69) is 15.6 Å². The zero-order valence-corrected chi connectivity index (χ0v) is 9.09. The molecule has 1 fully saturated rings. The Morgan fingerprint density at radius 3 is 2.88 bits per heavy atom. The molecule has 17 heavy (non-hydrogen) atoms. The number of amides is 1. The zero-order chi connectivity index (χ0) is 12.5. The summed E-state index contributed by atoms with van der Waals surface area (Å²) in [7, 11) is 0. The van der Waals surface area contributed by atoms with Gasteiger partial charge in [0.25, 0.3) is 0 Å². The fourth-order valence-electron chi connectivity index (χ4n) is 1.34. The largest absolute Gasteiger partial charge is 0.480 e. The molecular formula is C9H13N5O3. The number of carboxylic acid groups (broad SMARTS) is 1. The van der Waals surface area contributed by atoms with E-state index in [4.69, 9.17) is 10.8 Å². The molecule has 8 nitrogen and oxygen atoms in total. The van der Waals surface area contributed by atoms with E-state index >= 15 is 0 Å². The SMILES string of the molecule is NC1(C(=O)NCc2cn(CC(=O)O)nn2)CC1. The van der Waals surface area contributed by atoms with Gasteiger partial charge < -0.3 is 16.2 Å². The van der Waals surface area contributed by atoms with Gasteiger partial charge in [0.05, 0.1) is 18.3 Å². The minimum Gasteiger partial charge on any atom is -0.480 e. The van der Waals surface area contributed by atoms with Crippen LogP contribution in [0.3, 0.4) is 0 Å². The molecule has 8 heteroatoms. The number of hydrogen-bond donors (Lipinski definition) is 3. The summed E-state index contributed by atoms with van der Waals surface area (Å²) >= 11 is 0. The number of carbonyl (C=O) groups excluding carboxylic acids is 1. The molecule has 0 saturated heterocycles. The molecule has 92 valence electrons. The Morgan fingerprint density at radius 1 is 1.59 bits per heavy atom. The molecule has 1 aromatic rings. The third-order valence-electron chi connectivity index (χ3n) is 2.55. The molecule has 1 aliphatic rings. The van der Waals surface area contributed by atoms with E-state index in [-0.39, 0.29) is 19.0 Å². The van der Waals surface area contributed by atoms with Crippen LogP contribution in [0.25, 0.3) is 0 Å². The van der Waals surface area contributed by atoms with Crippen molar-refractivity contribution in [2.75, 3.05) is 0 Å². The van der Waals surface area contributed by atoms with Crippen LogP contribution in [0.2, 0.25) is 0 Å². The van der Waals surface area contributed by atoms with E-state index in [0.717, 1.165) is 0 Å². The number of aromatic nitrogens is 3. The number of rotatable bonds is 5. The number of aliphatic carboxylic acids is 1. The van der Waals surface area contributed by atoms with Crippen LogP contribution in [0.5, 0.6) is 0 Å². The molecule has 1 aromatic heterocycles. The van der Waals surface area contributed by atoms with Crippen molar-refractivity contribution in [3.8, 4) is 0 Å². The summed E-state index contributed by atoms with van der Waals surface area (Å²) < 4.78 is 1.19. The van der Waals surface area contributed by atoms with E-state index < -0.39 is 11.5 Å². The van der Waals surface area contributed by atoms with Gasteiger partial charge in [-0.3, -0.25) is 9.59 Å². The summed E-state index contributed by atoms with van der Waals surface area (Å²) in [6.45, 7) is -0.0425. The maximum absolute atomic E-state index is 11.5. The quantitative estimate of drug-likeness (QED) is 0.572. The third-order valence-corrected chi connectivity index (χ3v) is 2.55. The Hall–Kier alpha value is -1.96. The van der Waals surface area contributed by atoms with Crippen molar-refractivity contribution in [1.82, 2.24) is 20.3 Å². The van der Waals surface area contributed by atoms with Crippen LogP contribution in [-0.2, 0) is 22.7 Å². The minimum absolute atomic E-state index is 0.203. The molecule has 2 rings (SSSR count).